The average Bonchev–Trinajstić information content (AvgIpc) is 2.46. The summed E-state index contributed by atoms with van der Waals surface area (Å²) in [7, 11) is 0. The molecule has 0 heterocycles. The number of nitrogens with one attached hydrogen (secondary N) is 1. The first kappa shape index (κ1) is 15.0. The predicted octanol–water partition coefficient (Wildman–Crippen LogP) is 2.97. The van der Waals surface area contributed by atoms with Crippen LogP contribution in [0.15, 0.2) is 42.5 Å². The molecule has 2 aromatic carbocycles. The maximum Gasteiger partial charge on any atom is 0.258 e. The fourth-order valence-corrected chi connectivity index (χ4v) is 1.77. The number of benzene rings is 2. The van der Waals surface area contributed by atoms with Gasteiger partial charge in [0.1, 0.15) is 17.4 Å². The summed E-state index contributed by atoms with van der Waals surface area (Å²) in [5, 5.41) is 2.65. The molecule has 1 N–H and O–H groups in total. The van der Waals surface area contributed by atoms with Gasteiger partial charge in [-0.25, -0.2) is 8.78 Å². The quantitative estimate of drug-likeness (QED) is 0.919. The molecule has 0 radical (unpaired) electrons. The van der Waals surface area contributed by atoms with Crippen molar-refractivity contribution < 1.29 is 18.3 Å². The first-order valence-corrected chi connectivity index (χ1v) is 6.44. The van der Waals surface area contributed by atoms with E-state index in [0.29, 0.717) is 11.3 Å². The van der Waals surface area contributed by atoms with E-state index >= 15 is 0 Å². The Hall–Kier alpha value is -2.43. The summed E-state index contributed by atoms with van der Waals surface area (Å²) in [5.74, 6) is -0.738. The molecule has 3 nitrogen and oxygen atoms in total. The normalized spacial score (nSPS) is 10.2. The van der Waals surface area contributed by atoms with Crippen LogP contribution in [0, 0.1) is 18.6 Å². The molecule has 110 valence electrons. The summed E-state index contributed by atoms with van der Waals surface area (Å²) in [6.45, 7) is 1.74. The molecule has 2 rings (SSSR count). The van der Waals surface area contributed by atoms with Gasteiger partial charge in [0.15, 0.2) is 6.61 Å². The maximum atomic E-state index is 13.1. The Morgan fingerprint density at radius 2 is 2.00 bits per heavy atom. The SMILES string of the molecule is Cc1cc(CNC(=O)COc2cccc(F)c2)ccc1F. The van der Waals surface area contributed by atoms with Crippen molar-refractivity contribution >= 4 is 5.91 Å². The second kappa shape index (κ2) is 6.83. The van der Waals surface area contributed by atoms with Gasteiger partial charge in [0, 0.05) is 12.6 Å². The monoisotopic (exact) mass is 291 g/mol. The summed E-state index contributed by atoms with van der Waals surface area (Å²) in [5.41, 5.74) is 1.32. The molecule has 0 atom stereocenters. The standard InChI is InChI=1S/C16H15F2NO2/c1-11-7-12(5-6-15(11)18)9-19-16(20)10-21-14-4-2-3-13(17)8-14/h2-8H,9-10H2,1H3,(H,19,20). The van der Waals surface area contributed by atoms with Gasteiger partial charge in [-0.15, -0.1) is 0 Å². The Labute approximate surface area is 121 Å². The van der Waals surface area contributed by atoms with Crippen molar-refractivity contribution in [3.63, 3.8) is 0 Å². The van der Waals surface area contributed by atoms with E-state index in [1.165, 1.54) is 24.3 Å². The van der Waals surface area contributed by atoms with E-state index < -0.39 is 5.82 Å². The van der Waals surface area contributed by atoms with Crippen LogP contribution in [0.25, 0.3) is 0 Å². The van der Waals surface area contributed by atoms with Crippen molar-refractivity contribution in [2.45, 2.75) is 13.5 Å². The number of amides is 1. The van der Waals surface area contributed by atoms with Crippen LogP contribution in [-0.4, -0.2) is 12.5 Å². The second-order valence-corrected chi connectivity index (χ2v) is 4.61. The highest BCUT2D eigenvalue weighted by Crippen LogP contribution is 2.12. The minimum atomic E-state index is -0.422. The zero-order valence-corrected chi connectivity index (χ0v) is 11.5. The van der Waals surface area contributed by atoms with Crippen LogP contribution in [0.4, 0.5) is 8.78 Å². The molecule has 1 amide bonds. The molecular weight excluding hydrogens is 276 g/mol. The summed E-state index contributed by atoms with van der Waals surface area (Å²) in [6.07, 6.45) is 0. The molecule has 0 spiro atoms. The van der Waals surface area contributed by atoms with Gasteiger partial charge in [-0.1, -0.05) is 18.2 Å². The molecule has 21 heavy (non-hydrogen) atoms. The van der Waals surface area contributed by atoms with E-state index in [1.807, 2.05) is 0 Å². The molecule has 2 aromatic rings. The van der Waals surface area contributed by atoms with Crippen LogP contribution in [0.1, 0.15) is 11.1 Å². The Morgan fingerprint density at radius 1 is 1.19 bits per heavy atom. The lowest BCUT2D eigenvalue weighted by molar-refractivity contribution is -0.123. The number of ether oxygens (including phenoxy) is 1. The number of rotatable bonds is 5. The molecule has 0 aromatic heterocycles. The lowest BCUT2D eigenvalue weighted by atomic mass is 10.1. The van der Waals surface area contributed by atoms with E-state index in [2.05, 4.69) is 5.32 Å². The Morgan fingerprint density at radius 3 is 2.71 bits per heavy atom. The van der Waals surface area contributed by atoms with Gasteiger partial charge < -0.3 is 10.1 Å². The van der Waals surface area contributed by atoms with E-state index in [0.717, 1.165) is 5.56 Å². The molecule has 0 saturated heterocycles. The van der Waals surface area contributed by atoms with Crippen LogP contribution < -0.4 is 10.1 Å². The first-order chi connectivity index (χ1) is 10.0. The molecule has 0 aliphatic heterocycles. The molecule has 0 aliphatic carbocycles. The number of aryl methyl sites for hydroxylation is 1. The second-order valence-electron chi connectivity index (χ2n) is 4.61. The van der Waals surface area contributed by atoms with E-state index in [1.54, 1.807) is 25.1 Å². The number of hydrogen-bond donors (Lipinski definition) is 1. The summed E-state index contributed by atoms with van der Waals surface area (Å²) in [6, 6.07) is 10.2. The van der Waals surface area contributed by atoms with Crippen molar-refractivity contribution in [1.82, 2.24) is 5.32 Å². The number of carbonyl (C=O) groups is 1. The number of halogens is 2. The van der Waals surface area contributed by atoms with Gasteiger partial charge in [-0.3, -0.25) is 4.79 Å². The van der Waals surface area contributed by atoms with Crippen LogP contribution in [0.3, 0.4) is 0 Å². The lowest BCUT2D eigenvalue weighted by Gasteiger charge is -2.08. The molecule has 0 saturated carbocycles. The number of hydrogen-bond acceptors (Lipinski definition) is 2. The number of carbonyl (C=O) groups excluding carboxylic acids is 1. The van der Waals surface area contributed by atoms with Gasteiger partial charge in [-0.05, 0) is 36.2 Å². The third kappa shape index (κ3) is 4.56. The van der Waals surface area contributed by atoms with E-state index in [9.17, 15) is 13.6 Å². The molecule has 0 fully saturated rings. The minimum absolute atomic E-state index is 0.205. The largest absolute Gasteiger partial charge is 0.484 e. The first-order valence-electron chi connectivity index (χ1n) is 6.44. The third-order valence-corrected chi connectivity index (χ3v) is 2.88. The van der Waals surface area contributed by atoms with Gasteiger partial charge in [0.05, 0.1) is 0 Å². The predicted molar refractivity (Wildman–Crippen MR) is 74.9 cm³/mol. The maximum absolute atomic E-state index is 13.1. The van der Waals surface area contributed by atoms with Crippen molar-refractivity contribution in [1.29, 1.82) is 0 Å². The van der Waals surface area contributed by atoms with E-state index in [-0.39, 0.29) is 24.9 Å². The van der Waals surface area contributed by atoms with Gasteiger partial charge in [0.25, 0.3) is 5.91 Å². The minimum Gasteiger partial charge on any atom is -0.484 e. The van der Waals surface area contributed by atoms with Crippen LogP contribution >= 0.6 is 0 Å². The topological polar surface area (TPSA) is 38.3 Å². The van der Waals surface area contributed by atoms with Crippen molar-refractivity contribution in [2.75, 3.05) is 6.61 Å². The lowest BCUT2D eigenvalue weighted by Crippen LogP contribution is -2.28. The zero-order chi connectivity index (χ0) is 15.2. The summed E-state index contributed by atoms with van der Waals surface area (Å²) < 4.78 is 31.2. The van der Waals surface area contributed by atoms with Crippen LogP contribution in [0.2, 0.25) is 0 Å². The molecular formula is C16H15F2NO2. The van der Waals surface area contributed by atoms with Crippen molar-refractivity contribution in [3.8, 4) is 5.75 Å². The smallest absolute Gasteiger partial charge is 0.258 e. The fourth-order valence-electron chi connectivity index (χ4n) is 1.77. The van der Waals surface area contributed by atoms with Gasteiger partial charge >= 0.3 is 0 Å². The Balaban J connectivity index is 1.80. The molecule has 0 unspecified atom stereocenters. The molecule has 5 heteroatoms. The summed E-state index contributed by atoms with van der Waals surface area (Å²) >= 11 is 0. The molecule has 0 bridgehead atoms. The highest BCUT2D eigenvalue weighted by atomic mass is 19.1. The average molecular weight is 291 g/mol. The highest BCUT2D eigenvalue weighted by molar-refractivity contribution is 5.77. The third-order valence-electron chi connectivity index (χ3n) is 2.88. The fraction of sp³-hybridized carbons (Fsp3) is 0.188. The van der Waals surface area contributed by atoms with Crippen LogP contribution in [0.5, 0.6) is 5.75 Å². The summed E-state index contributed by atoms with van der Waals surface area (Å²) in [4.78, 5) is 11.6. The van der Waals surface area contributed by atoms with E-state index in [4.69, 9.17) is 4.74 Å². The highest BCUT2D eigenvalue weighted by Gasteiger charge is 2.05. The Bertz CT molecular complexity index is 644. The zero-order valence-electron chi connectivity index (χ0n) is 11.5. The van der Waals surface area contributed by atoms with Crippen molar-refractivity contribution in [2.24, 2.45) is 0 Å². The van der Waals surface area contributed by atoms with Crippen molar-refractivity contribution in [3.05, 3.63) is 65.2 Å². The van der Waals surface area contributed by atoms with Gasteiger partial charge in [-0.2, -0.15) is 0 Å². The molecule has 0 aliphatic rings. The van der Waals surface area contributed by atoms with Gasteiger partial charge in [0.2, 0.25) is 0 Å². The Kier molecular flexibility index (Phi) is 4.87. The van der Waals surface area contributed by atoms with Crippen LogP contribution in [-0.2, 0) is 11.3 Å².